The zero-order valence-corrected chi connectivity index (χ0v) is 11.9. The van der Waals surface area contributed by atoms with Crippen LogP contribution in [-0.2, 0) is 6.42 Å². The lowest BCUT2D eigenvalue weighted by molar-refractivity contribution is 0.702. The molecule has 0 heteroatoms. The molecule has 1 aliphatic carbocycles. The van der Waals surface area contributed by atoms with Crippen LogP contribution in [0, 0.1) is 0 Å². The van der Waals surface area contributed by atoms with E-state index in [2.05, 4.69) is 56.3 Å². The number of rotatable bonds is 4. The summed E-state index contributed by atoms with van der Waals surface area (Å²) in [6.45, 7) is 4.57. The van der Waals surface area contributed by atoms with E-state index < -0.39 is 0 Å². The van der Waals surface area contributed by atoms with Crippen molar-refractivity contribution in [2.75, 3.05) is 0 Å². The van der Waals surface area contributed by atoms with Crippen molar-refractivity contribution in [2.24, 2.45) is 0 Å². The fourth-order valence-electron chi connectivity index (χ4n) is 3.54. The number of hydrogen-bond acceptors (Lipinski definition) is 0. The minimum absolute atomic E-state index is 0.624. The largest absolute Gasteiger partial charge is 0.0653 e. The molecule has 0 nitrogen and oxygen atoms in total. The predicted octanol–water partition coefficient (Wildman–Crippen LogP) is 5.55. The van der Waals surface area contributed by atoms with Crippen molar-refractivity contribution in [2.45, 2.75) is 45.4 Å². The van der Waals surface area contributed by atoms with E-state index in [0.717, 1.165) is 0 Å². The summed E-state index contributed by atoms with van der Waals surface area (Å²) in [5, 5.41) is 0. The molecular formula is C19H22. The lowest BCUT2D eigenvalue weighted by Crippen LogP contribution is -2.00. The number of fused-ring (bicyclic) bond motifs is 3. The fraction of sp³-hybridized carbons (Fsp3) is 0.368. The Balaban J connectivity index is 2.19. The van der Waals surface area contributed by atoms with Gasteiger partial charge < -0.3 is 0 Å². The second kappa shape index (κ2) is 5.21. The molecule has 2 aromatic carbocycles. The summed E-state index contributed by atoms with van der Waals surface area (Å²) in [5.74, 6) is 0.624. The normalized spacial score (nSPS) is 16.2. The second-order valence-electron chi connectivity index (χ2n) is 5.56. The van der Waals surface area contributed by atoms with Crippen molar-refractivity contribution in [1.82, 2.24) is 0 Å². The zero-order chi connectivity index (χ0) is 13.2. The van der Waals surface area contributed by atoms with Gasteiger partial charge >= 0.3 is 0 Å². The Morgan fingerprint density at radius 1 is 0.842 bits per heavy atom. The van der Waals surface area contributed by atoms with Crippen LogP contribution < -0.4 is 0 Å². The van der Waals surface area contributed by atoms with Gasteiger partial charge in [-0.1, -0.05) is 69.2 Å². The summed E-state index contributed by atoms with van der Waals surface area (Å²) in [6.07, 6.45) is 4.95. The Labute approximate surface area is 116 Å². The fourth-order valence-corrected chi connectivity index (χ4v) is 3.54. The highest BCUT2D eigenvalue weighted by molar-refractivity contribution is 5.80. The summed E-state index contributed by atoms with van der Waals surface area (Å²) >= 11 is 0. The van der Waals surface area contributed by atoms with Crippen molar-refractivity contribution < 1.29 is 0 Å². The van der Waals surface area contributed by atoms with Gasteiger partial charge in [-0.25, -0.2) is 0 Å². The molecule has 0 bridgehead atoms. The van der Waals surface area contributed by atoms with Gasteiger partial charge in [-0.3, -0.25) is 0 Å². The van der Waals surface area contributed by atoms with E-state index in [-0.39, 0.29) is 0 Å². The van der Waals surface area contributed by atoms with Gasteiger partial charge in [0, 0.05) is 5.92 Å². The van der Waals surface area contributed by atoms with Crippen LogP contribution in [0.5, 0.6) is 0 Å². The quantitative estimate of drug-likeness (QED) is 0.667. The number of hydrogen-bond donors (Lipinski definition) is 0. The predicted molar refractivity (Wildman–Crippen MR) is 82.6 cm³/mol. The molecule has 0 heterocycles. The second-order valence-corrected chi connectivity index (χ2v) is 5.56. The molecule has 0 radical (unpaired) electrons. The highest BCUT2D eigenvalue weighted by Crippen LogP contribution is 2.48. The van der Waals surface area contributed by atoms with Crippen LogP contribution in [0.4, 0.5) is 0 Å². The van der Waals surface area contributed by atoms with Crippen LogP contribution in [-0.4, -0.2) is 0 Å². The van der Waals surface area contributed by atoms with Gasteiger partial charge in [0.05, 0.1) is 0 Å². The van der Waals surface area contributed by atoms with Crippen LogP contribution in [0.2, 0.25) is 0 Å². The first kappa shape index (κ1) is 12.5. The van der Waals surface area contributed by atoms with Crippen LogP contribution in [0.15, 0.2) is 42.5 Å². The Bertz CT molecular complexity index is 580. The van der Waals surface area contributed by atoms with Crippen molar-refractivity contribution in [3.05, 3.63) is 59.2 Å². The molecule has 3 rings (SSSR count). The highest BCUT2D eigenvalue weighted by Gasteiger charge is 2.29. The molecule has 0 spiro atoms. The molecule has 0 saturated heterocycles. The molecule has 0 aliphatic heterocycles. The third-order valence-corrected chi connectivity index (χ3v) is 4.27. The minimum Gasteiger partial charge on any atom is -0.0653 e. The summed E-state index contributed by atoms with van der Waals surface area (Å²) in [4.78, 5) is 0. The van der Waals surface area contributed by atoms with Crippen molar-refractivity contribution in [3.8, 4) is 11.1 Å². The first-order chi connectivity index (χ1) is 9.36. The molecule has 0 N–H and O–H groups in total. The first-order valence-electron chi connectivity index (χ1n) is 7.57. The smallest absolute Gasteiger partial charge is 0.0104 e. The van der Waals surface area contributed by atoms with E-state index in [1.807, 2.05) is 0 Å². The van der Waals surface area contributed by atoms with Crippen LogP contribution in [0.1, 0.15) is 55.7 Å². The summed E-state index contributed by atoms with van der Waals surface area (Å²) in [7, 11) is 0. The molecule has 1 aliphatic rings. The monoisotopic (exact) mass is 250 g/mol. The maximum Gasteiger partial charge on any atom is 0.0104 e. The SMILES string of the molecule is CCCc1cccc2c1C(CCC)c1ccccc1-2. The number of aryl methyl sites for hydroxylation is 1. The third kappa shape index (κ3) is 2.00. The topological polar surface area (TPSA) is 0 Å². The maximum atomic E-state index is 2.33. The average Bonchev–Trinajstić information content (AvgIpc) is 2.76. The Morgan fingerprint density at radius 2 is 1.63 bits per heavy atom. The van der Waals surface area contributed by atoms with Crippen LogP contribution in [0.25, 0.3) is 11.1 Å². The van der Waals surface area contributed by atoms with Gasteiger partial charge in [0.1, 0.15) is 0 Å². The molecule has 0 amide bonds. The van der Waals surface area contributed by atoms with Gasteiger partial charge in [0.15, 0.2) is 0 Å². The van der Waals surface area contributed by atoms with E-state index in [9.17, 15) is 0 Å². The third-order valence-electron chi connectivity index (χ3n) is 4.27. The van der Waals surface area contributed by atoms with Gasteiger partial charge in [-0.15, -0.1) is 0 Å². The average molecular weight is 250 g/mol. The van der Waals surface area contributed by atoms with Crippen molar-refractivity contribution in [3.63, 3.8) is 0 Å². The van der Waals surface area contributed by atoms with E-state index >= 15 is 0 Å². The molecule has 98 valence electrons. The van der Waals surface area contributed by atoms with E-state index in [1.165, 1.54) is 36.8 Å². The minimum atomic E-state index is 0.624. The summed E-state index contributed by atoms with van der Waals surface area (Å²) in [5.41, 5.74) is 7.68. The van der Waals surface area contributed by atoms with Crippen molar-refractivity contribution in [1.29, 1.82) is 0 Å². The van der Waals surface area contributed by atoms with Gasteiger partial charge in [0.2, 0.25) is 0 Å². The van der Waals surface area contributed by atoms with E-state index in [4.69, 9.17) is 0 Å². The van der Waals surface area contributed by atoms with Gasteiger partial charge in [-0.2, -0.15) is 0 Å². The molecule has 19 heavy (non-hydrogen) atoms. The number of benzene rings is 2. The first-order valence-corrected chi connectivity index (χ1v) is 7.57. The molecule has 0 saturated carbocycles. The lowest BCUT2D eigenvalue weighted by atomic mass is 9.88. The van der Waals surface area contributed by atoms with E-state index in [1.54, 1.807) is 16.7 Å². The summed E-state index contributed by atoms with van der Waals surface area (Å²) in [6, 6.07) is 15.8. The van der Waals surface area contributed by atoms with Crippen molar-refractivity contribution >= 4 is 0 Å². The molecule has 1 unspecified atom stereocenters. The summed E-state index contributed by atoms with van der Waals surface area (Å²) < 4.78 is 0. The molecule has 0 fully saturated rings. The van der Waals surface area contributed by atoms with Gasteiger partial charge in [-0.05, 0) is 40.7 Å². The van der Waals surface area contributed by atoms with Crippen LogP contribution in [0.3, 0.4) is 0 Å². The molecule has 0 aromatic heterocycles. The maximum absolute atomic E-state index is 2.33. The highest BCUT2D eigenvalue weighted by atomic mass is 14.3. The standard InChI is InChI=1S/C19H22/c1-3-8-14-10-7-13-18-16-12-6-5-11-15(16)17(9-4-2)19(14)18/h5-7,10-13,17H,3-4,8-9H2,1-2H3. The molecule has 2 aromatic rings. The molecule has 1 atom stereocenters. The van der Waals surface area contributed by atoms with E-state index in [0.29, 0.717) is 5.92 Å². The Morgan fingerprint density at radius 3 is 2.42 bits per heavy atom. The Hall–Kier alpha value is -1.56. The lowest BCUT2D eigenvalue weighted by Gasteiger charge is -2.16. The molecular weight excluding hydrogens is 228 g/mol. The Kier molecular flexibility index (Phi) is 3.42. The van der Waals surface area contributed by atoms with Crippen LogP contribution >= 0.6 is 0 Å². The van der Waals surface area contributed by atoms with Gasteiger partial charge in [0.25, 0.3) is 0 Å². The zero-order valence-electron chi connectivity index (χ0n) is 11.9.